The van der Waals surface area contributed by atoms with Crippen LogP contribution in [0.3, 0.4) is 0 Å². The largest absolute Gasteiger partial charge is 0.379 e. The zero-order valence-electron chi connectivity index (χ0n) is 20.9. The summed E-state index contributed by atoms with van der Waals surface area (Å²) in [5.74, 6) is 0.318. The average Bonchev–Trinajstić information content (AvgIpc) is 3.48. The number of para-hydroxylation sites is 1. The second-order valence-corrected chi connectivity index (χ2v) is 10.5. The fourth-order valence-electron chi connectivity index (χ4n) is 6.19. The zero-order chi connectivity index (χ0) is 25.0. The first-order valence-electron chi connectivity index (χ1n) is 13.1. The number of amides is 1. The monoisotopic (exact) mass is 490 g/mol. The molecule has 1 saturated heterocycles. The third-order valence-corrected chi connectivity index (χ3v) is 8.49. The molecule has 3 aliphatic rings. The Bertz CT molecular complexity index is 1520. The van der Waals surface area contributed by atoms with Crippen LogP contribution in [-0.4, -0.2) is 47.3 Å². The molecule has 4 aromatic rings. The Morgan fingerprint density at radius 1 is 1.05 bits per heavy atom. The molecule has 3 aromatic carbocycles. The Balaban J connectivity index is 1.08. The molecule has 3 heterocycles. The maximum Gasteiger partial charge on any atom is 0.235 e. The highest BCUT2D eigenvalue weighted by Gasteiger charge is 2.65. The van der Waals surface area contributed by atoms with E-state index in [1.807, 2.05) is 18.2 Å². The lowest BCUT2D eigenvalue weighted by Gasteiger charge is -2.32. The minimum atomic E-state index is -0.418. The van der Waals surface area contributed by atoms with E-state index >= 15 is 0 Å². The number of nitrogens with zero attached hydrogens (tertiary/aromatic N) is 2. The number of carbonyl (C=O) groups is 1. The van der Waals surface area contributed by atoms with E-state index in [2.05, 4.69) is 88.0 Å². The summed E-state index contributed by atoms with van der Waals surface area (Å²) in [7, 11) is 0. The molecule has 6 heteroatoms. The fourth-order valence-corrected chi connectivity index (χ4v) is 6.19. The number of hydrogen-bond donors (Lipinski definition) is 2. The normalized spacial score (nSPS) is 24.0. The lowest BCUT2D eigenvalue weighted by atomic mass is 9.92. The molecular weight excluding hydrogens is 460 g/mol. The summed E-state index contributed by atoms with van der Waals surface area (Å²) >= 11 is 0. The molecule has 1 saturated carbocycles. The molecule has 2 N–H and O–H groups in total. The molecule has 0 bridgehead atoms. The number of morpholine rings is 1. The average molecular weight is 491 g/mol. The number of aromatic nitrogens is 2. The Hall–Kier alpha value is -3.74. The minimum absolute atomic E-state index is 0.123. The molecule has 186 valence electrons. The van der Waals surface area contributed by atoms with Crippen LogP contribution < -0.4 is 5.32 Å². The fraction of sp³-hybridized carbons (Fsp3) is 0.290. The van der Waals surface area contributed by atoms with Gasteiger partial charge in [0.25, 0.3) is 0 Å². The van der Waals surface area contributed by atoms with Gasteiger partial charge in [-0.05, 0) is 53.8 Å². The predicted octanol–water partition coefficient (Wildman–Crippen LogP) is 5.50. The summed E-state index contributed by atoms with van der Waals surface area (Å²) in [4.78, 5) is 15.3. The number of ether oxygens (including phenoxy) is 1. The van der Waals surface area contributed by atoms with Crippen molar-refractivity contribution in [3.63, 3.8) is 0 Å². The van der Waals surface area contributed by atoms with Crippen molar-refractivity contribution < 1.29 is 9.53 Å². The number of benzene rings is 3. The van der Waals surface area contributed by atoms with E-state index in [9.17, 15) is 4.79 Å². The lowest BCUT2D eigenvalue weighted by Crippen LogP contribution is -2.37. The number of fused-ring (bicyclic) bond motifs is 3. The van der Waals surface area contributed by atoms with Gasteiger partial charge >= 0.3 is 0 Å². The van der Waals surface area contributed by atoms with E-state index in [1.54, 1.807) is 0 Å². The van der Waals surface area contributed by atoms with Crippen LogP contribution in [0.15, 0.2) is 66.7 Å². The van der Waals surface area contributed by atoms with Crippen LogP contribution in [-0.2, 0) is 14.9 Å². The molecule has 1 aromatic heterocycles. The number of nitrogens with one attached hydrogen (secondary N) is 2. The third kappa shape index (κ3) is 3.71. The van der Waals surface area contributed by atoms with Crippen LogP contribution >= 0.6 is 0 Å². The SMILES string of the molecule is C[C@@H](c1ccc(C=Cc2n[nH]c3cc([C@@H]4C[C@@]45C(=O)Nc4ccccc45)ccc23)cc1)N1CCOCC1. The molecule has 0 unspecified atom stereocenters. The van der Waals surface area contributed by atoms with Gasteiger partial charge in [0, 0.05) is 36.1 Å². The van der Waals surface area contributed by atoms with Gasteiger partial charge in [-0.1, -0.05) is 60.7 Å². The Morgan fingerprint density at radius 3 is 2.70 bits per heavy atom. The van der Waals surface area contributed by atoms with Crippen molar-refractivity contribution in [2.75, 3.05) is 31.6 Å². The number of carbonyl (C=O) groups excluding carboxylic acids is 1. The molecule has 2 aliphatic heterocycles. The number of aromatic amines is 1. The van der Waals surface area contributed by atoms with Crippen molar-refractivity contribution in [2.24, 2.45) is 0 Å². The van der Waals surface area contributed by atoms with Crippen molar-refractivity contribution in [3.8, 4) is 0 Å². The van der Waals surface area contributed by atoms with Crippen LogP contribution in [0.2, 0.25) is 0 Å². The Morgan fingerprint density at radius 2 is 1.86 bits per heavy atom. The predicted molar refractivity (Wildman–Crippen MR) is 146 cm³/mol. The summed E-state index contributed by atoms with van der Waals surface area (Å²) in [5, 5.41) is 11.9. The van der Waals surface area contributed by atoms with E-state index < -0.39 is 5.41 Å². The maximum absolute atomic E-state index is 12.9. The highest BCUT2D eigenvalue weighted by molar-refractivity contribution is 6.09. The third-order valence-electron chi connectivity index (χ3n) is 8.49. The van der Waals surface area contributed by atoms with Gasteiger partial charge in [-0.15, -0.1) is 0 Å². The van der Waals surface area contributed by atoms with Crippen molar-refractivity contribution in [2.45, 2.75) is 30.7 Å². The van der Waals surface area contributed by atoms with Crippen molar-refractivity contribution in [1.29, 1.82) is 0 Å². The van der Waals surface area contributed by atoms with Crippen LogP contribution in [0.4, 0.5) is 5.69 Å². The zero-order valence-corrected chi connectivity index (χ0v) is 20.9. The molecule has 0 radical (unpaired) electrons. The second-order valence-electron chi connectivity index (χ2n) is 10.5. The quantitative estimate of drug-likeness (QED) is 0.387. The van der Waals surface area contributed by atoms with E-state index in [0.717, 1.165) is 66.1 Å². The highest BCUT2D eigenvalue weighted by atomic mass is 16.5. The molecule has 1 aliphatic carbocycles. The number of H-pyrrole nitrogens is 1. The van der Waals surface area contributed by atoms with Crippen molar-refractivity contribution in [3.05, 3.63) is 94.7 Å². The number of rotatable bonds is 5. The smallest absolute Gasteiger partial charge is 0.235 e. The standard InChI is InChI=1S/C31H30N4O2/c1-20(35-14-16-37-17-15-35)22-9-6-21(7-10-22)8-13-27-24-12-11-23(18-29(24)34-33-27)26-19-31(26)25-4-2-3-5-28(25)32-30(31)36/h2-13,18,20,26H,14-17,19H2,1H3,(H,32,36)(H,33,34)/t20-,26-,31-/m0/s1. The molecule has 2 fully saturated rings. The Kier molecular flexibility index (Phi) is 5.27. The molecule has 1 amide bonds. The van der Waals surface area contributed by atoms with E-state index in [1.165, 1.54) is 11.1 Å². The summed E-state index contributed by atoms with van der Waals surface area (Å²) in [6.45, 7) is 5.86. The maximum atomic E-state index is 12.9. The number of anilines is 1. The molecule has 6 nitrogen and oxygen atoms in total. The number of hydrogen-bond acceptors (Lipinski definition) is 4. The van der Waals surface area contributed by atoms with Gasteiger partial charge < -0.3 is 10.1 Å². The van der Waals surface area contributed by atoms with Crippen LogP contribution in [0.1, 0.15) is 53.3 Å². The summed E-state index contributed by atoms with van der Waals surface area (Å²) in [6.07, 6.45) is 5.03. The molecule has 1 spiro atoms. The highest BCUT2D eigenvalue weighted by Crippen LogP contribution is 2.64. The lowest BCUT2D eigenvalue weighted by molar-refractivity contribution is -0.118. The molecule has 37 heavy (non-hydrogen) atoms. The van der Waals surface area contributed by atoms with Gasteiger partial charge in [0.2, 0.25) is 5.91 Å². The summed E-state index contributed by atoms with van der Waals surface area (Å²) in [6, 6.07) is 23.7. The first-order chi connectivity index (χ1) is 18.1. The minimum Gasteiger partial charge on any atom is -0.379 e. The van der Waals surface area contributed by atoms with Gasteiger partial charge in [-0.2, -0.15) is 5.10 Å². The van der Waals surface area contributed by atoms with Crippen LogP contribution in [0.25, 0.3) is 23.1 Å². The van der Waals surface area contributed by atoms with Gasteiger partial charge in [0.05, 0.1) is 29.8 Å². The Labute approximate surface area is 216 Å². The molecule has 7 rings (SSSR count). The van der Waals surface area contributed by atoms with Gasteiger partial charge in [0.1, 0.15) is 0 Å². The van der Waals surface area contributed by atoms with E-state index in [4.69, 9.17) is 4.74 Å². The van der Waals surface area contributed by atoms with E-state index in [0.29, 0.717) is 6.04 Å². The first kappa shape index (κ1) is 22.5. The van der Waals surface area contributed by atoms with Crippen molar-refractivity contribution >= 4 is 34.6 Å². The van der Waals surface area contributed by atoms with Gasteiger partial charge in [-0.3, -0.25) is 14.8 Å². The molecule has 3 atom stereocenters. The van der Waals surface area contributed by atoms with Crippen LogP contribution in [0, 0.1) is 0 Å². The topological polar surface area (TPSA) is 70.2 Å². The van der Waals surface area contributed by atoms with Gasteiger partial charge in [-0.25, -0.2) is 0 Å². The summed E-state index contributed by atoms with van der Waals surface area (Å²) < 4.78 is 5.49. The summed E-state index contributed by atoms with van der Waals surface area (Å²) in [5.41, 5.74) is 7.24. The second kappa shape index (κ2) is 8.68. The first-order valence-corrected chi connectivity index (χ1v) is 13.1. The molecular formula is C31H30N4O2. The van der Waals surface area contributed by atoms with Crippen LogP contribution in [0.5, 0.6) is 0 Å². The van der Waals surface area contributed by atoms with Gasteiger partial charge in [0.15, 0.2) is 0 Å². The van der Waals surface area contributed by atoms with Crippen molar-refractivity contribution in [1.82, 2.24) is 15.1 Å². The van der Waals surface area contributed by atoms with E-state index in [-0.39, 0.29) is 11.8 Å².